The van der Waals surface area contributed by atoms with Crippen LogP contribution < -0.4 is 0 Å². The summed E-state index contributed by atoms with van der Waals surface area (Å²) in [5.74, 6) is -0.522. The van der Waals surface area contributed by atoms with Crippen LogP contribution in [0.4, 0.5) is 9.18 Å². The summed E-state index contributed by atoms with van der Waals surface area (Å²) in [5, 5.41) is 10.7. The van der Waals surface area contributed by atoms with Crippen molar-refractivity contribution in [1.29, 1.82) is 0 Å². The van der Waals surface area contributed by atoms with Gasteiger partial charge in [-0.15, -0.1) is 6.58 Å². The molecule has 1 aliphatic carbocycles. The third kappa shape index (κ3) is 5.05. The largest absolute Gasteiger partial charge is 0.448 e. The van der Waals surface area contributed by atoms with Crippen LogP contribution in [0.25, 0.3) is 11.1 Å². The predicted octanol–water partition coefficient (Wildman–Crippen LogP) is 7.33. The van der Waals surface area contributed by atoms with Gasteiger partial charge >= 0.3 is 6.09 Å². The van der Waals surface area contributed by atoms with Gasteiger partial charge in [0.05, 0.1) is 25.3 Å². The molecule has 1 heterocycles. The van der Waals surface area contributed by atoms with Crippen LogP contribution in [0.2, 0.25) is 0 Å². The van der Waals surface area contributed by atoms with E-state index in [1.54, 1.807) is 12.1 Å². The number of halogens is 1. The SMILES string of the molecule is C=CC[C@H]1c2cc(F)ccc2[C@@H](OCc2ccccc2)[C@H](CO)N1C(=O)OCC1c2ccccc2-c2ccccc21. The van der Waals surface area contributed by atoms with Gasteiger partial charge in [-0.3, -0.25) is 4.90 Å². The van der Waals surface area contributed by atoms with Gasteiger partial charge in [-0.2, -0.15) is 0 Å². The van der Waals surface area contributed by atoms with Gasteiger partial charge in [0.2, 0.25) is 0 Å². The van der Waals surface area contributed by atoms with E-state index >= 15 is 0 Å². The summed E-state index contributed by atoms with van der Waals surface area (Å²) in [6, 6.07) is 29.2. The lowest BCUT2D eigenvalue weighted by Crippen LogP contribution is -2.52. The Labute approximate surface area is 239 Å². The monoisotopic (exact) mass is 549 g/mol. The maximum atomic E-state index is 14.6. The first kappa shape index (κ1) is 26.9. The molecular formula is C35H32FNO4. The fourth-order valence-corrected chi connectivity index (χ4v) is 6.30. The predicted molar refractivity (Wildman–Crippen MR) is 156 cm³/mol. The molecule has 1 aliphatic heterocycles. The lowest BCUT2D eigenvalue weighted by atomic mass is 9.84. The van der Waals surface area contributed by atoms with Gasteiger partial charge in [0, 0.05) is 5.92 Å². The van der Waals surface area contributed by atoms with Crippen molar-refractivity contribution in [3.63, 3.8) is 0 Å². The van der Waals surface area contributed by atoms with E-state index in [4.69, 9.17) is 9.47 Å². The van der Waals surface area contributed by atoms with E-state index in [-0.39, 0.29) is 25.7 Å². The van der Waals surface area contributed by atoms with Crippen molar-refractivity contribution in [2.45, 2.75) is 37.1 Å². The first-order valence-corrected chi connectivity index (χ1v) is 13.9. The molecule has 5 nitrogen and oxygen atoms in total. The summed E-state index contributed by atoms with van der Waals surface area (Å²) in [4.78, 5) is 15.5. The van der Waals surface area contributed by atoms with Gasteiger partial charge in [-0.1, -0.05) is 91.0 Å². The summed E-state index contributed by atoms with van der Waals surface area (Å²) in [6.07, 6.45) is 0.795. The van der Waals surface area contributed by atoms with Crippen LogP contribution in [0.5, 0.6) is 0 Å². The number of fused-ring (bicyclic) bond motifs is 4. The molecule has 1 amide bonds. The molecule has 0 saturated carbocycles. The van der Waals surface area contributed by atoms with Crippen molar-refractivity contribution >= 4 is 6.09 Å². The fraction of sp³-hybridized carbons (Fsp3) is 0.229. The summed E-state index contributed by atoms with van der Waals surface area (Å²) in [5.41, 5.74) is 6.82. The molecule has 0 spiro atoms. The zero-order valence-corrected chi connectivity index (χ0v) is 22.7. The Morgan fingerprint density at radius 3 is 2.20 bits per heavy atom. The molecule has 4 aromatic carbocycles. The first-order valence-electron chi connectivity index (χ1n) is 13.9. The van der Waals surface area contributed by atoms with Crippen LogP contribution in [-0.4, -0.2) is 35.4 Å². The number of rotatable bonds is 8. The number of carbonyl (C=O) groups is 1. The third-order valence-corrected chi connectivity index (χ3v) is 8.15. The Hall–Kier alpha value is -4.26. The highest BCUT2D eigenvalue weighted by Crippen LogP contribution is 2.46. The molecule has 0 saturated heterocycles. The molecule has 4 aromatic rings. The summed E-state index contributed by atoms with van der Waals surface area (Å²) < 4.78 is 27.0. The number of aliphatic hydroxyl groups is 1. The molecule has 0 unspecified atom stereocenters. The minimum Gasteiger partial charge on any atom is -0.448 e. The lowest BCUT2D eigenvalue weighted by molar-refractivity contribution is -0.0648. The Balaban J connectivity index is 1.32. The van der Waals surface area contributed by atoms with Gasteiger partial charge in [-0.25, -0.2) is 9.18 Å². The Bertz CT molecular complexity index is 1510. The van der Waals surface area contributed by atoms with E-state index in [1.165, 1.54) is 17.0 Å². The fourth-order valence-electron chi connectivity index (χ4n) is 6.30. The number of ether oxygens (including phenoxy) is 2. The van der Waals surface area contributed by atoms with Gasteiger partial charge in [-0.05, 0) is 57.5 Å². The van der Waals surface area contributed by atoms with E-state index in [9.17, 15) is 14.3 Å². The third-order valence-electron chi connectivity index (χ3n) is 8.15. The van der Waals surface area contributed by atoms with E-state index in [2.05, 4.69) is 30.8 Å². The van der Waals surface area contributed by atoms with Gasteiger partial charge < -0.3 is 14.6 Å². The maximum Gasteiger partial charge on any atom is 0.410 e. The van der Waals surface area contributed by atoms with Crippen LogP contribution in [0.3, 0.4) is 0 Å². The molecule has 41 heavy (non-hydrogen) atoms. The Morgan fingerprint density at radius 1 is 0.878 bits per heavy atom. The van der Waals surface area contributed by atoms with E-state index in [0.29, 0.717) is 12.0 Å². The van der Waals surface area contributed by atoms with Crippen molar-refractivity contribution < 1.29 is 23.8 Å². The van der Waals surface area contributed by atoms with Crippen molar-refractivity contribution in [3.05, 3.63) is 143 Å². The molecule has 0 bridgehead atoms. The number of carbonyl (C=O) groups excluding carboxylic acids is 1. The highest BCUT2D eigenvalue weighted by atomic mass is 19.1. The van der Waals surface area contributed by atoms with Crippen molar-refractivity contribution in [2.75, 3.05) is 13.2 Å². The Kier molecular flexibility index (Phi) is 7.68. The zero-order chi connectivity index (χ0) is 28.3. The highest BCUT2D eigenvalue weighted by molar-refractivity contribution is 5.79. The second-order valence-electron chi connectivity index (χ2n) is 10.5. The molecule has 3 atom stereocenters. The van der Waals surface area contributed by atoms with Crippen LogP contribution in [0.1, 0.15) is 52.3 Å². The zero-order valence-electron chi connectivity index (χ0n) is 22.7. The van der Waals surface area contributed by atoms with Crippen molar-refractivity contribution in [3.8, 4) is 11.1 Å². The molecule has 0 radical (unpaired) electrons. The summed E-state index contributed by atoms with van der Waals surface area (Å²) in [7, 11) is 0. The molecule has 0 aromatic heterocycles. The Morgan fingerprint density at radius 2 is 1.54 bits per heavy atom. The maximum absolute atomic E-state index is 14.6. The average Bonchev–Trinajstić information content (AvgIpc) is 3.33. The normalized spacial score (nSPS) is 19.3. The second kappa shape index (κ2) is 11.7. The number of benzene rings is 4. The average molecular weight is 550 g/mol. The summed E-state index contributed by atoms with van der Waals surface area (Å²) in [6.45, 7) is 3.93. The summed E-state index contributed by atoms with van der Waals surface area (Å²) >= 11 is 0. The van der Waals surface area contributed by atoms with E-state index in [1.807, 2.05) is 54.6 Å². The van der Waals surface area contributed by atoms with Crippen molar-refractivity contribution in [2.24, 2.45) is 0 Å². The van der Waals surface area contributed by atoms with Gasteiger partial charge in [0.15, 0.2) is 0 Å². The minimum absolute atomic E-state index is 0.114. The van der Waals surface area contributed by atoms with Crippen molar-refractivity contribution in [1.82, 2.24) is 4.90 Å². The lowest BCUT2D eigenvalue weighted by Gasteiger charge is -2.45. The number of nitrogens with zero attached hydrogens (tertiary/aromatic N) is 1. The van der Waals surface area contributed by atoms with Gasteiger partial charge in [0.25, 0.3) is 0 Å². The van der Waals surface area contributed by atoms with Crippen LogP contribution in [-0.2, 0) is 16.1 Å². The van der Waals surface area contributed by atoms with Gasteiger partial charge in [0.1, 0.15) is 18.5 Å². The number of aliphatic hydroxyl groups excluding tert-OH is 1. The topological polar surface area (TPSA) is 59.0 Å². The smallest absolute Gasteiger partial charge is 0.410 e. The highest BCUT2D eigenvalue weighted by Gasteiger charge is 2.44. The van der Waals surface area contributed by atoms with E-state index in [0.717, 1.165) is 33.4 Å². The van der Waals surface area contributed by atoms with E-state index < -0.39 is 30.1 Å². The molecule has 6 heteroatoms. The quantitative estimate of drug-likeness (QED) is 0.234. The number of hydrogen-bond acceptors (Lipinski definition) is 4. The molecule has 208 valence electrons. The second-order valence-corrected chi connectivity index (χ2v) is 10.5. The molecule has 6 rings (SSSR count). The molecule has 1 N–H and O–H groups in total. The minimum atomic E-state index is -0.739. The van der Waals surface area contributed by atoms with Crippen LogP contribution in [0, 0.1) is 5.82 Å². The first-order chi connectivity index (χ1) is 20.1. The standard InChI is InChI=1S/C35H32FNO4/c1-2-10-32-30-19-24(36)17-18-29(30)34(40-21-23-11-4-3-5-12-23)33(20-38)37(32)35(39)41-22-31-27-15-8-6-13-25(27)26-14-7-9-16-28(26)31/h2-9,11-19,31-34,38H,1,10,20-22H2/t32-,33-,34+/m0/s1. The molecular weight excluding hydrogens is 517 g/mol. The molecule has 2 aliphatic rings. The molecule has 0 fully saturated rings. The van der Waals surface area contributed by atoms with Crippen LogP contribution >= 0.6 is 0 Å². The van der Waals surface area contributed by atoms with Crippen LogP contribution in [0.15, 0.2) is 110 Å². The number of hydrogen-bond donors (Lipinski definition) is 1. The number of amides is 1.